The van der Waals surface area contributed by atoms with E-state index in [0.29, 0.717) is 34.5 Å². The molecule has 1 saturated heterocycles. The summed E-state index contributed by atoms with van der Waals surface area (Å²) in [6.07, 6.45) is 1.70. The molecule has 8 heteroatoms. The SMILES string of the molecule is COc1ccc(CN2C(=O)CCN(c3coc4cc(C(=O)NCc5ccccc5)ccc34)C2=O)cc1. The standard InChI is InChI=1S/C28H25N3O5/c1-35-22-10-7-20(8-11-22)17-31-26(32)13-14-30(28(31)34)24-18-36-25-15-21(9-12-23(24)25)27(33)29-16-19-5-3-2-4-6-19/h2-12,15,18H,13-14,16-17H2,1H3,(H,29,33). The number of hydrogen-bond donors (Lipinski definition) is 1. The summed E-state index contributed by atoms with van der Waals surface area (Å²) in [5, 5.41) is 3.60. The van der Waals surface area contributed by atoms with E-state index in [1.165, 1.54) is 11.2 Å². The molecule has 3 aromatic carbocycles. The highest BCUT2D eigenvalue weighted by Gasteiger charge is 2.34. The number of ether oxygens (including phenoxy) is 1. The van der Waals surface area contributed by atoms with Crippen LogP contribution in [0.3, 0.4) is 0 Å². The van der Waals surface area contributed by atoms with E-state index in [9.17, 15) is 14.4 Å². The quantitative estimate of drug-likeness (QED) is 0.410. The number of nitrogens with zero attached hydrogens (tertiary/aromatic N) is 2. The normalized spacial score (nSPS) is 13.8. The summed E-state index contributed by atoms with van der Waals surface area (Å²) < 4.78 is 10.9. The van der Waals surface area contributed by atoms with Gasteiger partial charge in [0.15, 0.2) is 0 Å². The fourth-order valence-electron chi connectivity index (χ4n) is 4.23. The highest BCUT2D eigenvalue weighted by molar-refractivity contribution is 6.10. The summed E-state index contributed by atoms with van der Waals surface area (Å²) in [5.41, 5.74) is 3.34. The van der Waals surface area contributed by atoms with E-state index in [0.717, 1.165) is 11.1 Å². The molecule has 1 aliphatic rings. The van der Waals surface area contributed by atoms with Gasteiger partial charge in [-0.05, 0) is 41.5 Å². The van der Waals surface area contributed by atoms with Crippen LogP contribution in [0, 0.1) is 0 Å². The minimum absolute atomic E-state index is 0.166. The average molecular weight is 484 g/mol. The fraction of sp³-hybridized carbons (Fsp3) is 0.179. The molecule has 1 aliphatic heterocycles. The summed E-state index contributed by atoms with van der Waals surface area (Å²) in [7, 11) is 1.58. The van der Waals surface area contributed by atoms with Gasteiger partial charge >= 0.3 is 6.03 Å². The number of hydrogen-bond acceptors (Lipinski definition) is 5. The largest absolute Gasteiger partial charge is 0.497 e. The van der Waals surface area contributed by atoms with Crippen LogP contribution in [0.4, 0.5) is 10.5 Å². The van der Waals surface area contributed by atoms with E-state index < -0.39 is 6.03 Å². The highest BCUT2D eigenvalue weighted by Crippen LogP contribution is 2.32. The highest BCUT2D eigenvalue weighted by atomic mass is 16.5. The lowest BCUT2D eigenvalue weighted by Gasteiger charge is -2.33. The number of fused-ring (bicyclic) bond motifs is 1. The van der Waals surface area contributed by atoms with Crippen LogP contribution in [-0.4, -0.2) is 36.4 Å². The minimum atomic E-state index is -0.408. The van der Waals surface area contributed by atoms with Gasteiger partial charge in [0.25, 0.3) is 5.91 Å². The number of methoxy groups -OCH3 is 1. The van der Waals surface area contributed by atoms with E-state index in [1.807, 2.05) is 42.5 Å². The van der Waals surface area contributed by atoms with Crippen LogP contribution < -0.4 is 15.0 Å². The third-order valence-electron chi connectivity index (χ3n) is 6.22. The smallest absolute Gasteiger partial charge is 0.331 e. The monoisotopic (exact) mass is 483 g/mol. The van der Waals surface area contributed by atoms with Crippen molar-refractivity contribution in [1.82, 2.24) is 10.2 Å². The number of imide groups is 1. The second kappa shape index (κ2) is 9.95. The Hall–Kier alpha value is -4.59. The van der Waals surface area contributed by atoms with Crippen molar-refractivity contribution in [2.24, 2.45) is 0 Å². The maximum atomic E-state index is 13.3. The predicted molar refractivity (Wildman–Crippen MR) is 135 cm³/mol. The molecule has 0 spiro atoms. The van der Waals surface area contributed by atoms with Gasteiger partial charge < -0.3 is 14.5 Å². The van der Waals surface area contributed by atoms with Crippen LogP contribution in [0.15, 0.2) is 83.5 Å². The number of carbonyl (C=O) groups is 3. The number of amides is 4. The molecule has 1 N–H and O–H groups in total. The van der Waals surface area contributed by atoms with Gasteiger partial charge in [-0.25, -0.2) is 4.79 Å². The van der Waals surface area contributed by atoms with Crippen LogP contribution in [0.5, 0.6) is 5.75 Å². The lowest BCUT2D eigenvalue weighted by molar-refractivity contribution is -0.129. The second-order valence-corrected chi connectivity index (χ2v) is 8.51. The average Bonchev–Trinajstić information content (AvgIpc) is 3.33. The van der Waals surface area contributed by atoms with Crippen molar-refractivity contribution in [2.45, 2.75) is 19.5 Å². The van der Waals surface area contributed by atoms with Gasteiger partial charge in [-0.15, -0.1) is 0 Å². The Morgan fingerprint density at radius 2 is 1.78 bits per heavy atom. The zero-order valence-electron chi connectivity index (χ0n) is 19.8. The zero-order chi connectivity index (χ0) is 25.1. The molecule has 36 heavy (non-hydrogen) atoms. The van der Waals surface area contributed by atoms with Gasteiger partial charge in [0.2, 0.25) is 5.91 Å². The number of rotatable bonds is 7. The molecule has 1 aromatic heterocycles. The van der Waals surface area contributed by atoms with E-state index in [4.69, 9.17) is 9.15 Å². The fourth-order valence-corrected chi connectivity index (χ4v) is 4.23. The Labute approximate surface area is 208 Å². The number of anilines is 1. The molecule has 0 bridgehead atoms. The maximum Gasteiger partial charge on any atom is 0.331 e. The van der Waals surface area contributed by atoms with Crippen LogP contribution >= 0.6 is 0 Å². The number of carbonyl (C=O) groups excluding carboxylic acids is 3. The topological polar surface area (TPSA) is 92.1 Å². The Bertz CT molecular complexity index is 1410. The first-order valence-electron chi connectivity index (χ1n) is 11.6. The van der Waals surface area contributed by atoms with Gasteiger partial charge in [0.1, 0.15) is 17.6 Å². The predicted octanol–water partition coefficient (Wildman–Crippen LogP) is 4.73. The van der Waals surface area contributed by atoms with Crippen molar-refractivity contribution < 1.29 is 23.5 Å². The molecule has 5 rings (SSSR count). The molecule has 4 aromatic rings. The lowest BCUT2D eigenvalue weighted by Crippen LogP contribution is -2.52. The van der Waals surface area contributed by atoms with E-state index in [-0.39, 0.29) is 31.3 Å². The van der Waals surface area contributed by atoms with Crippen LogP contribution in [0.25, 0.3) is 11.0 Å². The van der Waals surface area contributed by atoms with Gasteiger partial charge in [-0.3, -0.25) is 19.4 Å². The summed E-state index contributed by atoms with van der Waals surface area (Å²) in [5.74, 6) is 0.260. The van der Waals surface area contributed by atoms with Crippen molar-refractivity contribution in [3.63, 3.8) is 0 Å². The number of benzene rings is 3. The number of nitrogens with one attached hydrogen (secondary N) is 1. The summed E-state index contributed by atoms with van der Waals surface area (Å²) >= 11 is 0. The molecular weight excluding hydrogens is 458 g/mol. The first-order valence-corrected chi connectivity index (χ1v) is 11.6. The van der Waals surface area contributed by atoms with Crippen LogP contribution in [0.2, 0.25) is 0 Å². The second-order valence-electron chi connectivity index (χ2n) is 8.51. The van der Waals surface area contributed by atoms with Crippen molar-refractivity contribution in [2.75, 3.05) is 18.6 Å². The first-order chi connectivity index (χ1) is 17.5. The third-order valence-corrected chi connectivity index (χ3v) is 6.22. The zero-order valence-corrected chi connectivity index (χ0v) is 19.8. The van der Waals surface area contributed by atoms with Crippen molar-refractivity contribution in [3.8, 4) is 5.75 Å². The molecule has 4 amide bonds. The number of urea groups is 1. The summed E-state index contributed by atoms with van der Waals surface area (Å²) in [6.45, 7) is 0.839. The Kier molecular flexibility index (Phi) is 6.40. The molecule has 1 fully saturated rings. The van der Waals surface area contributed by atoms with E-state index in [1.54, 1.807) is 42.3 Å². The molecular formula is C28H25N3O5. The Morgan fingerprint density at radius 1 is 1.00 bits per heavy atom. The number of furan rings is 1. The summed E-state index contributed by atoms with van der Waals surface area (Å²) in [4.78, 5) is 41.3. The molecule has 0 saturated carbocycles. The summed E-state index contributed by atoms with van der Waals surface area (Å²) in [6, 6.07) is 21.6. The Balaban J connectivity index is 1.32. The minimum Gasteiger partial charge on any atom is -0.497 e. The van der Waals surface area contributed by atoms with E-state index >= 15 is 0 Å². The maximum absolute atomic E-state index is 13.3. The molecule has 8 nitrogen and oxygen atoms in total. The lowest BCUT2D eigenvalue weighted by atomic mass is 10.1. The van der Waals surface area contributed by atoms with Crippen molar-refractivity contribution in [1.29, 1.82) is 0 Å². The first kappa shape index (κ1) is 23.2. The van der Waals surface area contributed by atoms with Crippen LogP contribution in [-0.2, 0) is 17.9 Å². The third kappa shape index (κ3) is 4.65. The molecule has 0 atom stereocenters. The van der Waals surface area contributed by atoms with Crippen molar-refractivity contribution >= 4 is 34.5 Å². The van der Waals surface area contributed by atoms with Crippen molar-refractivity contribution in [3.05, 3.63) is 95.7 Å². The van der Waals surface area contributed by atoms with Gasteiger partial charge in [0.05, 0.1) is 19.3 Å². The van der Waals surface area contributed by atoms with Crippen LogP contribution in [0.1, 0.15) is 27.9 Å². The molecule has 0 unspecified atom stereocenters. The van der Waals surface area contributed by atoms with Gasteiger partial charge in [-0.2, -0.15) is 0 Å². The molecule has 2 heterocycles. The van der Waals surface area contributed by atoms with E-state index in [2.05, 4.69) is 5.32 Å². The van der Waals surface area contributed by atoms with Gasteiger partial charge in [0, 0.05) is 30.5 Å². The Morgan fingerprint density at radius 3 is 2.53 bits per heavy atom. The molecule has 0 aliphatic carbocycles. The molecule has 0 radical (unpaired) electrons. The van der Waals surface area contributed by atoms with Gasteiger partial charge in [-0.1, -0.05) is 42.5 Å². The molecule has 182 valence electrons.